The molecule has 0 spiro atoms. The predicted octanol–water partition coefficient (Wildman–Crippen LogP) is 3.95. The molecule has 0 radical (unpaired) electrons. The summed E-state index contributed by atoms with van der Waals surface area (Å²) in [5.74, 6) is -0.110. The fourth-order valence-corrected chi connectivity index (χ4v) is 3.16. The molecule has 1 amide bonds. The van der Waals surface area contributed by atoms with Gasteiger partial charge in [0, 0.05) is 30.8 Å². The van der Waals surface area contributed by atoms with Crippen molar-refractivity contribution in [3.63, 3.8) is 0 Å². The largest absolute Gasteiger partial charge is 0.373 e. The molecule has 0 saturated heterocycles. The van der Waals surface area contributed by atoms with E-state index in [0.717, 1.165) is 23.6 Å². The van der Waals surface area contributed by atoms with Crippen molar-refractivity contribution in [2.24, 2.45) is 0 Å². The van der Waals surface area contributed by atoms with Gasteiger partial charge >= 0.3 is 0 Å². The van der Waals surface area contributed by atoms with Crippen molar-refractivity contribution >= 4 is 23.2 Å². The van der Waals surface area contributed by atoms with Gasteiger partial charge < -0.3 is 10.2 Å². The fourth-order valence-electron chi connectivity index (χ4n) is 2.98. The van der Waals surface area contributed by atoms with Crippen molar-refractivity contribution < 1.29 is 4.79 Å². The average Bonchev–Trinajstić information content (AvgIpc) is 3.12. The number of carbonyl (C=O) groups excluding carboxylic acids is 1. The minimum atomic E-state index is -0.110. The van der Waals surface area contributed by atoms with Crippen LogP contribution in [0.1, 0.15) is 23.0 Å². The van der Waals surface area contributed by atoms with Crippen LogP contribution in [-0.2, 0) is 6.42 Å². The molecule has 1 N–H and O–H groups in total. The highest BCUT2D eigenvalue weighted by atomic mass is 35.5. The van der Waals surface area contributed by atoms with Crippen molar-refractivity contribution in [2.45, 2.75) is 13.3 Å². The lowest BCUT2D eigenvalue weighted by Crippen LogP contribution is -2.33. The molecule has 1 aromatic heterocycles. The highest BCUT2D eigenvalue weighted by Crippen LogP contribution is 2.19. The second-order valence-corrected chi connectivity index (χ2v) is 6.70. The zero-order chi connectivity index (χ0) is 19.2. The SMILES string of the molecule is CCc1c(C(=O)NCCN(C)c2ccccc2)cnn1-c1cccc(Cl)c1. The number of anilines is 1. The van der Waals surface area contributed by atoms with Crippen molar-refractivity contribution in [1.29, 1.82) is 0 Å². The van der Waals surface area contributed by atoms with Crippen LogP contribution < -0.4 is 10.2 Å². The molecule has 0 fully saturated rings. The number of hydrogen-bond donors (Lipinski definition) is 1. The maximum atomic E-state index is 12.6. The van der Waals surface area contributed by atoms with E-state index in [0.29, 0.717) is 23.6 Å². The third kappa shape index (κ3) is 4.49. The quantitative estimate of drug-likeness (QED) is 0.673. The Balaban J connectivity index is 1.67. The number of carbonyl (C=O) groups is 1. The lowest BCUT2D eigenvalue weighted by Gasteiger charge is -2.19. The van der Waals surface area contributed by atoms with Gasteiger partial charge in [-0.2, -0.15) is 5.10 Å². The highest BCUT2D eigenvalue weighted by molar-refractivity contribution is 6.30. The standard InChI is InChI=1S/C21H23ClN4O/c1-3-20-19(15-24-26(20)18-11-7-8-16(22)14-18)21(27)23-12-13-25(2)17-9-5-4-6-10-17/h4-11,14-15H,3,12-13H2,1-2H3,(H,23,27). The van der Waals surface area contributed by atoms with Crippen LogP contribution in [0.15, 0.2) is 60.8 Å². The summed E-state index contributed by atoms with van der Waals surface area (Å²) in [6.07, 6.45) is 2.31. The molecule has 140 valence electrons. The Kier molecular flexibility index (Phi) is 6.14. The Morgan fingerprint density at radius 2 is 1.96 bits per heavy atom. The molecule has 0 bridgehead atoms. The van der Waals surface area contributed by atoms with Crippen LogP contribution in [0.4, 0.5) is 5.69 Å². The van der Waals surface area contributed by atoms with Crippen LogP contribution in [0.25, 0.3) is 5.69 Å². The Morgan fingerprint density at radius 3 is 2.67 bits per heavy atom. The highest BCUT2D eigenvalue weighted by Gasteiger charge is 2.17. The Morgan fingerprint density at radius 1 is 1.19 bits per heavy atom. The van der Waals surface area contributed by atoms with Crippen molar-refractivity contribution in [3.05, 3.63) is 77.1 Å². The molecule has 1 heterocycles. The molecular weight excluding hydrogens is 360 g/mol. The molecule has 6 heteroatoms. The third-order valence-corrected chi connectivity index (χ3v) is 4.67. The molecule has 0 atom stereocenters. The maximum absolute atomic E-state index is 12.6. The van der Waals surface area contributed by atoms with E-state index in [9.17, 15) is 4.79 Å². The third-order valence-electron chi connectivity index (χ3n) is 4.43. The zero-order valence-corrected chi connectivity index (χ0v) is 16.3. The van der Waals surface area contributed by atoms with Crippen LogP contribution in [-0.4, -0.2) is 35.8 Å². The molecule has 0 unspecified atom stereocenters. The molecule has 2 aromatic carbocycles. The van der Waals surface area contributed by atoms with E-state index in [1.807, 2.05) is 68.6 Å². The Hall–Kier alpha value is -2.79. The van der Waals surface area contributed by atoms with Gasteiger partial charge in [0.15, 0.2) is 0 Å². The number of benzene rings is 2. The first-order valence-corrected chi connectivity index (χ1v) is 9.35. The molecule has 3 aromatic rings. The molecule has 5 nitrogen and oxygen atoms in total. The summed E-state index contributed by atoms with van der Waals surface area (Å²) >= 11 is 6.08. The lowest BCUT2D eigenvalue weighted by molar-refractivity contribution is 0.0954. The lowest BCUT2D eigenvalue weighted by atomic mass is 10.2. The van der Waals surface area contributed by atoms with Crippen LogP contribution >= 0.6 is 11.6 Å². The summed E-state index contributed by atoms with van der Waals surface area (Å²) in [6.45, 7) is 3.29. The second-order valence-electron chi connectivity index (χ2n) is 6.26. The number of aromatic nitrogens is 2. The number of rotatable bonds is 7. The maximum Gasteiger partial charge on any atom is 0.254 e. The minimum absolute atomic E-state index is 0.110. The van der Waals surface area contributed by atoms with E-state index in [1.54, 1.807) is 10.9 Å². The number of nitrogens with zero attached hydrogens (tertiary/aromatic N) is 3. The molecule has 0 aliphatic carbocycles. The van der Waals surface area contributed by atoms with Gasteiger partial charge in [0.05, 0.1) is 23.1 Å². The number of halogens is 1. The van der Waals surface area contributed by atoms with Crippen molar-refractivity contribution in [1.82, 2.24) is 15.1 Å². The van der Waals surface area contributed by atoms with Gasteiger partial charge in [-0.15, -0.1) is 0 Å². The number of hydrogen-bond acceptors (Lipinski definition) is 3. The first kappa shape index (κ1) is 19.0. The van der Waals surface area contributed by atoms with Crippen LogP contribution in [0.2, 0.25) is 5.02 Å². The van der Waals surface area contributed by atoms with Crippen LogP contribution in [0.5, 0.6) is 0 Å². The number of nitrogens with one attached hydrogen (secondary N) is 1. The van der Waals surface area contributed by atoms with E-state index < -0.39 is 0 Å². The molecule has 27 heavy (non-hydrogen) atoms. The molecule has 0 aliphatic heterocycles. The van der Waals surface area contributed by atoms with Crippen LogP contribution in [0, 0.1) is 0 Å². The van der Waals surface area contributed by atoms with Gasteiger partial charge in [0.2, 0.25) is 0 Å². The first-order chi connectivity index (χ1) is 13.1. The van der Waals surface area contributed by atoms with E-state index in [2.05, 4.69) is 15.3 Å². The Bertz CT molecular complexity index is 908. The molecule has 3 rings (SSSR count). The van der Waals surface area contributed by atoms with Gasteiger partial charge in [-0.1, -0.05) is 42.8 Å². The minimum Gasteiger partial charge on any atom is -0.373 e. The summed E-state index contributed by atoms with van der Waals surface area (Å²) in [5.41, 5.74) is 3.43. The number of amides is 1. The second kappa shape index (κ2) is 8.73. The summed E-state index contributed by atoms with van der Waals surface area (Å²) < 4.78 is 1.77. The average molecular weight is 383 g/mol. The smallest absolute Gasteiger partial charge is 0.254 e. The van der Waals surface area contributed by atoms with Gasteiger partial charge in [-0.05, 0) is 36.8 Å². The zero-order valence-electron chi connectivity index (χ0n) is 15.5. The molecule has 0 aliphatic rings. The summed E-state index contributed by atoms with van der Waals surface area (Å²) in [6, 6.07) is 17.5. The fraction of sp³-hybridized carbons (Fsp3) is 0.238. The summed E-state index contributed by atoms with van der Waals surface area (Å²) in [5, 5.41) is 8.03. The number of likely N-dealkylation sites (N-methyl/N-ethyl adjacent to an activating group) is 1. The van der Waals surface area contributed by atoms with Gasteiger partial charge in [0.1, 0.15) is 0 Å². The summed E-state index contributed by atoms with van der Waals surface area (Å²) in [7, 11) is 2.01. The monoisotopic (exact) mass is 382 g/mol. The van der Waals surface area contributed by atoms with E-state index in [4.69, 9.17) is 11.6 Å². The molecule has 0 saturated carbocycles. The summed E-state index contributed by atoms with van der Waals surface area (Å²) in [4.78, 5) is 14.8. The van der Waals surface area contributed by atoms with Gasteiger partial charge in [0.25, 0.3) is 5.91 Å². The van der Waals surface area contributed by atoms with Gasteiger partial charge in [-0.3, -0.25) is 4.79 Å². The number of para-hydroxylation sites is 1. The van der Waals surface area contributed by atoms with E-state index in [1.165, 1.54) is 0 Å². The van der Waals surface area contributed by atoms with Gasteiger partial charge in [-0.25, -0.2) is 4.68 Å². The van der Waals surface area contributed by atoms with Crippen molar-refractivity contribution in [3.8, 4) is 5.69 Å². The van der Waals surface area contributed by atoms with Crippen LogP contribution in [0.3, 0.4) is 0 Å². The predicted molar refractivity (Wildman–Crippen MR) is 110 cm³/mol. The topological polar surface area (TPSA) is 50.2 Å². The normalized spacial score (nSPS) is 10.6. The van der Waals surface area contributed by atoms with E-state index >= 15 is 0 Å². The molecular formula is C21H23ClN4O. The first-order valence-electron chi connectivity index (χ1n) is 8.97. The van der Waals surface area contributed by atoms with E-state index in [-0.39, 0.29) is 5.91 Å². The Labute approximate surface area is 164 Å². The van der Waals surface area contributed by atoms with Crippen molar-refractivity contribution in [2.75, 3.05) is 25.0 Å².